The number of rotatable bonds is 15. The highest BCUT2D eigenvalue weighted by Crippen LogP contribution is 2.48. The van der Waals surface area contributed by atoms with Crippen LogP contribution in [0.3, 0.4) is 0 Å². The van der Waals surface area contributed by atoms with Crippen LogP contribution >= 0.6 is 7.75 Å². The maximum Gasteiger partial charge on any atom is 0.406 e. The van der Waals surface area contributed by atoms with Crippen molar-refractivity contribution in [1.29, 1.82) is 0 Å². The van der Waals surface area contributed by atoms with Crippen LogP contribution in [0.2, 0.25) is 0 Å². The van der Waals surface area contributed by atoms with E-state index in [-0.39, 0.29) is 32.6 Å². The molecule has 0 saturated carbocycles. The summed E-state index contributed by atoms with van der Waals surface area (Å²) in [6.07, 6.45) is -6.19. The maximum atomic E-state index is 13.7. The molecule has 12 atom stereocenters. The second-order valence-electron chi connectivity index (χ2n) is 10.4. The summed E-state index contributed by atoms with van der Waals surface area (Å²) in [5.74, 6) is 0. The highest BCUT2D eigenvalue weighted by Gasteiger charge is 2.45. The molecule has 38 heavy (non-hydrogen) atoms. The lowest BCUT2D eigenvalue weighted by Crippen LogP contribution is -2.39. The van der Waals surface area contributed by atoms with Gasteiger partial charge in [0.05, 0.1) is 37.9 Å². The quantitative estimate of drug-likeness (QED) is 0.0549. The first kappa shape index (κ1) is 32.4. The number of likely N-dealkylation sites (N-methyl/N-ethyl adjacent to an activating group) is 1. The van der Waals surface area contributed by atoms with Crippen LogP contribution in [0.15, 0.2) is 0 Å². The molecule has 0 spiro atoms. The average Bonchev–Trinajstić information content (AvgIpc) is 3.43. The van der Waals surface area contributed by atoms with E-state index in [4.69, 9.17) is 32.7 Å². The first-order chi connectivity index (χ1) is 17.9. The second kappa shape index (κ2) is 14.7. The van der Waals surface area contributed by atoms with E-state index in [0.717, 1.165) is 0 Å². The summed E-state index contributed by atoms with van der Waals surface area (Å²) in [5.41, 5.74) is 0. The first-order valence-corrected chi connectivity index (χ1v) is 14.6. The van der Waals surface area contributed by atoms with Gasteiger partial charge in [-0.25, -0.2) is 9.65 Å². The van der Waals surface area contributed by atoms with Gasteiger partial charge in [-0.15, -0.1) is 0 Å². The Hall–Kier alpha value is -0.0952. The van der Waals surface area contributed by atoms with Gasteiger partial charge in [0.1, 0.15) is 73.1 Å². The minimum atomic E-state index is -3.87. The van der Waals surface area contributed by atoms with Crippen LogP contribution in [0.1, 0.15) is 6.42 Å². The van der Waals surface area contributed by atoms with Gasteiger partial charge in [0.2, 0.25) is 0 Å². The molecule has 14 nitrogen and oxygen atoms in total. The molecule has 6 unspecified atom stereocenters. The molecule has 5 N–H and O–H groups in total. The molecule has 0 aliphatic carbocycles. The Morgan fingerprint density at radius 2 is 1.66 bits per heavy atom. The van der Waals surface area contributed by atoms with Crippen molar-refractivity contribution in [1.82, 2.24) is 9.99 Å². The minimum Gasteiger partial charge on any atom is -0.394 e. The van der Waals surface area contributed by atoms with Crippen molar-refractivity contribution in [2.75, 3.05) is 53.8 Å². The highest BCUT2D eigenvalue weighted by atomic mass is 31.2. The van der Waals surface area contributed by atoms with E-state index >= 15 is 0 Å². The standard InChI is InChI=1S/C20H42B3N2O12P/c1-25(2)4-3-24-38(30,37-10-5-14(21)34-11(10)6-26)33-8-13-18(17(29)20(23)36-13)32-9-31-7-12-15(27)16(28)19(22)35-12/h10-20,26-29H,3-9,21-23H2,1-2H3,(H,24,30)/t10?,11-,12-,13-,14-,15?,16?,17?,18?,19-,20-,38?/m1/s1. The van der Waals surface area contributed by atoms with Crippen molar-refractivity contribution >= 4 is 31.3 Å². The molecule has 218 valence electrons. The van der Waals surface area contributed by atoms with Crippen molar-refractivity contribution in [2.45, 2.75) is 73.3 Å². The third kappa shape index (κ3) is 8.70. The van der Waals surface area contributed by atoms with Gasteiger partial charge in [-0.05, 0) is 20.5 Å². The third-order valence-corrected chi connectivity index (χ3v) is 8.56. The van der Waals surface area contributed by atoms with Gasteiger partial charge >= 0.3 is 7.75 Å². The van der Waals surface area contributed by atoms with Crippen molar-refractivity contribution in [3.05, 3.63) is 0 Å². The minimum absolute atomic E-state index is 0.0182. The molecule has 0 bridgehead atoms. The summed E-state index contributed by atoms with van der Waals surface area (Å²) in [6, 6.07) is -1.25. The fourth-order valence-electron chi connectivity index (χ4n) is 4.69. The molecule has 3 aliphatic heterocycles. The molecule has 0 aromatic heterocycles. The van der Waals surface area contributed by atoms with E-state index in [9.17, 15) is 25.0 Å². The molecule has 0 amide bonds. The highest BCUT2D eigenvalue weighted by molar-refractivity contribution is 7.51. The van der Waals surface area contributed by atoms with Gasteiger partial charge in [0, 0.05) is 19.1 Å². The van der Waals surface area contributed by atoms with Crippen molar-refractivity contribution < 1.29 is 57.7 Å². The van der Waals surface area contributed by atoms with Crippen LogP contribution in [-0.2, 0) is 37.3 Å². The predicted octanol–water partition coefficient (Wildman–Crippen LogP) is -5.45. The third-order valence-electron chi connectivity index (χ3n) is 6.91. The Kier molecular flexibility index (Phi) is 12.5. The fraction of sp³-hybridized carbons (Fsp3) is 1.00. The van der Waals surface area contributed by atoms with Gasteiger partial charge in [0.15, 0.2) is 0 Å². The molecule has 3 aliphatic rings. The van der Waals surface area contributed by atoms with Crippen LogP contribution in [-0.4, -0.2) is 170 Å². The lowest BCUT2D eigenvalue weighted by Gasteiger charge is -2.27. The van der Waals surface area contributed by atoms with E-state index in [2.05, 4.69) is 5.09 Å². The Bertz CT molecular complexity index is 779. The van der Waals surface area contributed by atoms with Crippen molar-refractivity contribution in [3.63, 3.8) is 0 Å². The molecule has 0 aromatic rings. The Labute approximate surface area is 226 Å². The van der Waals surface area contributed by atoms with Crippen LogP contribution in [0.4, 0.5) is 0 Å². The molecule has 3 saturated heterocycles. The Morgan fingerprint density at radius 3 is 2.29 bits per heavy atom. The van der Waals surface area contributed by atoms with E-state index in [1.807, 2.05) is 26.8 Å². The second-order valence-corrected chi connectivity index (χ2v) is 12.2. The summed E-state index contributed by atoms with van der Waals surface area (Å²) in [5, 5.41) is 42.9. The van der Waals surface area contributed by atoms with Crippen molar-refractivity contribution in [2.24, 2.45) is 0 Å². The monoisotopic (exact) mass is 566 g/mol. The summed E-state index contributed by atoms with van der Waals surface area (Å²) < 4.78 is 53.4. The van der Waals surface area contributed by atoms with Crippen LogP contribution in [0, 0.1) is 0 Å². The average molecular weight is 566 g/mol. The SMILES string of the molecule is B[C@@H]1O[C@H](COCOC2C(O)[C@H](B)O[C@@H]2COP(=O)(NCCN(C)C)OC2C[C@H](B)O[C@@H]2CO)C(O)C1O. The fourth-order valence-corrected chi connectivity index (χ4v) is 6.21. The zero-order chi connectivity index (χ0) is 28.0. The van der Waals surface area contributed by atoms with Crippen molar-refractivity contribution in [3.8, 4) is 0 Å². The van der Waals surface area contributed by atoms with E-state index in [1.54, 1.807) is 15.7 Å². The lowest BCUT2D eigenvalue weighted by atomic mass is 9.93. The lowest BCUT2D eigenvalue weighted by molar-refractivity contribution is -0.147. The molecule has 3 fully saturated rings. The van der Waals surface area contributed by atoms with E-state index in [1.165, 1.54) is 0 Å². The number of aliphatic hydroxyl groups is 4. The Balaban J connectivity index is 1.55. The number of ether oxygens (including phenoxy) is 5. The molecular weight excluding hydrogens is 524 g/mol. The van der Waals surface area contributed by atoms with E-state index in [0.29, 0.717) is 19.5 Å². The number of nitrogens with zero attached hydrogens (tertiary/aromatic N) is 1. The molecule has 3 rings (SSSR count). The zero-order valence-corrected chi connectivity index (χ0v) is 23.6. The Morgan fingerprint density at radius 1 is 0.974 bits per heavy atom. The van der Waals surface area contributed by atoms with Gasteiger partial charge in [-0.2, -0.15) is 0 Å². The van der Waals surface area contributed by atoms with E-state index < -0.39 is 68.6 Å². The predicted molar refractivity (Wildman–Crippen MR) is 142 cm³/mol. The first-order valence-electron chi connectivity index (χ1n) is 13.1. The number of aliphatic hydroxyl groups excluding tert-OH is 4. The number of hydrogen-bond acceptors (Lipinski definition) is 13. The summed E-state index contributed by atoms with van der Waals surface area (Å²) in [6.45, 7) is 0.146. The van der Waals surface area contributed by atoms with Gasteiger partial charge in [0.25, 0.3) is 0 Å². The topological polar surface area (TPSA) is 178 Å². The maximum absolute atomic E-state index is 13.7. The zero-order valence-electron chi connectivity index (χ0n) is 22.7. The smallest absolute Gasteiger partial charge is 0.394 e. The van der Waals surface area contributed by atoms with Crippen LogP contribution in [0.25, 0.3) is 0 Å². The van der Waals surface area contributed by atoms with Gasteiger partial charge in [-0.1, -0.05) is 0 Å². The largest absolute Gasteiger partial charge is 0.406 e. The van der Waals surface area contributed by atoms with Gasteiger partial charge < -0.3 is 49.0 Å². The molecular formula is C20H42B3N2O12P. The summed E-state index contributed by atoms with van der Waals surface area (Å²) in [7, 11) is 5.07. The van der Waals surface area contributed by atoms with Crippen LogP contribution < -0.4 is 5.09 Å². The number of nitrogens with one attached hydrogen (secondary N) is 1. The summed E-state index contributed by atoms with van der Waals surface area (Å²) >= 11 is 0. The van der Waals surface area contributed by atoms with Crippen LogP contribution in [0.5, 0.6) is 0 Å². The normalized spacial score (nSPS) is 41.2. The molecule has 0 aromatic carbocycles. The summed E-state index contributed by atoms with van der Waals surface area (Å²) in [4.78, 5) is 1.91. The van der Waals surface area contributed by atoms with Gasteiger partial charge in [-0.3, -0.25) is 9.05 Å². The molecule has 18 heteroatoms. The molecule has 0 radical (unpaired) electrons. The molecule has 3 heterocycles. The number of hydrogen-bond donors (Lipinski definition) is 5.